The third-order valence-electron chi connectivity index (χ3n) is 5.30. The van der Waals surface area contributed by atoms with Crippen LogP contribution >= 0.6 is 11.6 Å². The zero-order valence-corrected chi connectivity index (χ0v) is 16.8. The minimum Gasteiger partial charge on any atom is -0.449 e. The molecule has 29 heavy (non-hydrogen) atoms. The van der Waals surface area contributed by atoms with E-state index in [1.54, 1.807) is 24.3 Å². The van der Waals surface area contributed by atoms with Crippen LogP contribution in [0.15, 0.2) is 54.3 Å². The smallest absolute Gasteiger partial charge is 0.294 e. The summed E-state index contributed by atoms with van der Waals surface area (Å²) in [4.78, 5) is 27.3. The van der Waals surface area contributed by atoms with Gasteiger partial charge in [-0.05, 0) is 42.7 Å². The van der Waals surface area contributed by atoms with E-state index in [1.807, 2.05) is 30.3 Å². The second-order valence-electron chi connectivity index (χ2n) is 7.39. The van der Waals surface area contributed by atoms with Crippen LogP contribution in [0.1, 0.15) is 37.7 Å². The van der Waals surface area contributed by atoms with Gasteiger partial charge in [-0.15, -0.1) is 0 Å². The lowest BCUT2D eigenvalue weighted by Crippen LogP contribution is -2.47. The number of hydrogen-bond donors (Lipinski definition) is 1. The van der Waals surface area contributed by atoms with Crippen LogP contribution in [-0.4, -0.2) is 24.4 Å². The van der Waals surface area contributed by atoms with Gasteiger partial charge in [-0.25, -0.2) is 0 Å². The molecule has 0 spiro atoms. The molecule has 0 aromatic heterocycles. The first-order valence-electron chi connectivity index (χ1n) is 9.96. The molecule has 0 saturated heterocycles. The summed E-state index contributed by atoms with van der Waals surface area (Å²) in [6.45, 7) is -0.0461. The van der Waals surface area contributed by atoms with Gasteiger partial charge in [0.25, 0.3) is 5.91 Å². The van der Waals surface area contributed by atoms with Crippen molar-refractivity contribution in [3.05, 3.63) is 64.9 Å². The standard InChI is InChI=1S/C23H23ClN2O3/c24-18-11-5-4-8-16(18)14-21-23(28)26(19-12-6-7-13-20(19)29-21)15-22(27)25-17-9-2-1-3-10-17/h4-8,11-14,17H,1-3,9-10,15H2,(H,25,27)/b21-14+. The number of amides is 2. The van der Waals surface area contributed by atoms with Crippen molar-refractivity contribution in [2.75, 3.05) is 11.4 Å². The van der Waals surface area contributed by atoms with Gasteiger partial charge in [0.05, 0.1) is 5.69 Å². The molecule has 2 aromatic rings. The topological polar surface area (TPSA) is 58.6 Å². The molecule has 4 rings (SSSR count). The maximum Gasteiger partial charge on any atom is 0.294 e. The number of benzene rings is 2. The van der Waals surface area contributed by atoms with E-state index >= 15 is 0 Å². The molecule has 1 N–H and O–H groups in total. The molecule has 1 fully saturated rings. The van der Waals surface area contributed by atoms with E-state index in [-0.39, 0.29) is 30.2 Å². The van der Waals surface area contributed by atoms with E-state index in [2.05, 4.69) is 5.32 Å². The average molecular weight is 411 g/mol. The summed E-state index contributed by atoms with van der Waals surface area (Å²) in [6.07, 6.45) is 7.10. The summed E-state index contributed by atoms with van der Waals surface area (Å²) in [6, 6.07) is 14.7. The molecule has 1 heterocycles. The first kappa shape index (κ1) is 19.5. The fourth-order valence-corrected chi connectivity index (χ4v) is 4.01. The molecule has 1 aliphatic heterocycles. The first-order chi connectivity index (χ1) is 14.1. The monoisotopic (exact) mass is 410 g/mol. The Labute approximate surface area is 175 Å². The highest BCUT2D eigenvalue weighted by molar-refractivity contribution is 6.32. The molecule has 0 radical (unpaired) electrons. The summed E-state index contributed by atoms with van der Waals surface area (Å²) in [5.41, 5.74) is 1.27. The van der Waals surface area contributed by atoms with Gasteiger partial charge in [-0.1, -0.05) is 61.2 Å². The van der Waals surface area contributed by atoms with Crippen molar-refractivity contribution in [3.8, 4) is 5.75 Å². The van der Waals surface area contributed by atoms with Crippen LogP contribution in [0, 0.1) is 0 Å². The van der Waals surface area contributed by atoms with Gasteiger partial charge >= 0.3 is 0 Å². The Bertz CT molecular complexity index is 951. The Balaban J connectivity index is 1.59. The van der Waals surface area contributed by atoms with E-state index in [9.17, 15) is 9.59 Å². The lowest BCUT2D eigenvalue weighted by atomic mass is 9.95. The largest absolute Gasteiger partial charge is 0.449 e. The number of carbonyl (C=O) groups excluding carboxylic acids is 2. The van der Waals surface area contributed by atoms with Crippen LogP contribution in [0.2, 0.25) is 5.02 Å². The molecule has 150 valence electrons. The minimum absolute atomic E-state index is 0.0461. The number of nitrogens with one attached hydrogen (secondary N) is 1. The molecule has 5 nitrogen and oxygen atoms in total. The Kier molecular flexibility index (Phi) is 5.86. The van der Waals surface area contributed by atoms with Crippen molar-refractivity contribution in [2.24, 2.45) is 0 Å². The highest BCUT2D eigenvalue weighted by Crippen LogP contribution is 2.35. The fraction of sp³-hybridized carbons (Fsp3) is 0.304. The van der Waals surface area contributed by atoms with Gasteiger partial charge in [0, 0.05) is 11.1 Å². The molecule has 2 aromatic carbocycles. The molecule has 1 saturated carbocycles. The molecule has 2 aliphatic rings. The van der Waals surface area contributed by atoms with Gasteiger partial charge in [0.1, 0.15) is 6.54 Å². The maximum absolute atomic E-state index is 13.1. The molecule has 2 amide bonds. The predicted molar refractivity (Wildman–Crippen MR) is 114 cm³/mol. The second-order valence-corrected chi connectivity index (χ2v) is 7.80. The van der Waals surface area contributed by atoms with Crippen molar-refractivity contribution in [1.29, 1.82) is 0 Å². The van der Waals surface area contributed by atoms with Crippen LogP contribution in [0.4, 0.5) is 5.69 Å². The van der Waals surface area contributed by atoms with Gasteiger partial charge in [-0.3, -0.25) is 14.5 Å². The maximum atomic E-state index is 13.1. The molecule has 6 heteroatoms. The number of anilines is 1. The molecule has 0 unspecified atom stereocenters. The first-order valence-corrected chi connectivity index (χ1v) is 10.3. The summed E-state index contributed by atoms with van der Waals surface area (Å²) in [5.74, 6) is 0.166. The zero-order valence-electron chi connectivity index (χ0n) is 16.1. The van der Waals surface area contributed by atoms with Gasteiger partial charge in [0.2, 0.25) is 5.91 Å². The number of carbonyl (C=O) groups is 2. The van der Waals surface area contributed by atoms with Gasteiger partial charge in [0.15, 0.2) is 11.5 Å². The average Bonchev–Trinajstić information content (AvgIpc) is 2.73. The van der Waals surface area contributed by atoms with Crippen molar-refractivity contribution in [3.63, 3.8) is 0 Å². The second kappa shape index (κ2) is 8.70. The molecule has 0 atom stereocenters. The van der Waals surface area contributed by atoms with Crippen molar-refractivity contribution >= 4 is 35.2 Å². The highest BCUT2D eigenvalue weighted by Gasteiger charge is 2.32. The van der Waals surface area contributed by atoms with Gasteiger partial charge < -0.3 is 10.1 Å². The summed E-state index contributed by atoms with van der Waals surface area (Å²) >= 11 is 6.23. The van der Waals surface area contributed by atoms with E-state index in [0.29, 0.717) is 22.0 Å². The number of halogens is 1. The van der Waals surface area contributed by atoms with Crippen molar-refractivity contribution in [2.45, 2.75) is 38.1 Å². The quantitative estimate of drug-likeness (QED) is 0.752. The number of ether oxygens (including phenoxy) is 1. The van der Waals surface area contributed by atoms with Crippen molar-refractivity contribution in [1.82, 2.24) is 5.32 Å². The normalized spacial score (nSPS) is 18.3. The highest BCUT2D eigenvalue weighted by atomic mass is 35.5. The number of para-hydroxylation sites is 2. The zero-order chi connectivity index (χ0) is 20.2. The van der Waals surface area contributed by atoms with E-state index < -0.39 is 0 Å². The summed E-state index contributed by atoms with van der Waals surface area (Å²) < 4.78 is 5.84. The Hall–Kier alpha value is -2.79. The Morgan fingerprint density at radius 3 is 2.62 bits per heavy atom. The van der Waals surface area contributed by atoms with Gasteiger partial charge in [-0.2, -0.15) is 0 Å². The summed E-state index contributed by atoms with van der Waals surface area (Å²) in [7, 11) is 0. The molecule has 1 aliphatic carbocycles. The minimum atomic E-state index is -0.359. The number of rotatable bonds is 4. The molecule has 0 bridgehead atoms. The van der Waals surface area contributed by atoms with Crippen LogP contribution < -0.4 is 15.0 Å². The fourth-order valence-electron chi connectivity index (χ4n) is 3.82. The number of hydrogen-bond acceptors (Lipinski definition) is 3. The Morgan fingerprint density at radius 1 is 1.10 bits per heavy atom. The Morgan fingerprint density at radius 2 is 1.83 bits per heavy atom. The van der Waals surface area contributed by atoms with Crippen LogP contribution in [-0.2, 0) is 9.59 Å². The van der Waals surface area contributed by atoms with E-state index in [4.69, 9.17) is 16.3 Å². The lowest BCUT2D eigenvalue weighted by molar-refractivity contribution is -0.124. The number of nitrogens with zero attached hydrogens (tertiary/aromatic N) is 1. The summed E-state index contributed by atoms with van der Waals surface area (Å²) in [5, 5.41) is 3.60. The van der Waals surface area contributed by atoms with Crippen molar-refractivity contribution < 1.29 is 14.3 Å². The molecular formula is C23H23ClN2O3. The lowest BCUT2D eigenvalue weighted by Gasteiger charge is -2.31. The third kappa shape index (κ3) is 4.46. The van der Waals surface area contributed by atoms with Crippen LogP contribution in [0.3, 0.4) is 0 Å². The van der Waals surface area contributed by atoms with Crippen LogP contribution in [0.25, 0.3) is 6.08 Å². The number of fused-ring (bicyclic) bond motifs is 1. The SMILES string of the molecule is O=C(CN1C(=O)/C(=C\c2ccccc2Cl)Oc2ccccc21)NC1CCCCC1. The third-order valence-corrected chi connectivity index (χ3v) is 5.64. The predicted octanol–water partition coefficient (Wildman–Crippen LogP) is 4.56. The van der Waals surface area contributed by atoms with E-state index in [1.165, 1.54) is 11.3 Å². The van der Waals surface area contributed by atoms with Crippen LogP contribution in [0.5, 0.6) is 5.75 Å². The van der Waals surface area contributed by atoms with E-state index in [0.717, 1.165) is 25.7 Å². The molecular weight excluding hydrogens is 388 g/mol.